The van der Waals surface area contributed by atoms with Gasteiger partial charge in [-0.25, -0.2) is 9.78 Å². The highest BCUT2D eigenvalue weighted by Gasteiger charge is 2.19. The van der Waals surface area contributed by atoms with Gasteiger partial charge in [0.15, 0.2) is 6.10 Å². The predicted molar refractivity (Wildman–Crippen MR) is 56.2 cm³/mol. The number of aliphatic hydroxyl groups is 1. The molecular weight excluding hydrogens is 230 g/mol. The summed E-state index contributed by atoms with van der Waals surface area (Å²) in [6.07, 6.45) is 0.645. The third-order valence-electron chi connectivity index (χ3n) is 1.97. The zero-order valence-corrected chi connectivity index (χ0v) is 9.23. The Hall–Kier alpha value is -1.66. The van der Waals surface area contributed by atoms with E-state index < -0.39 is 12.1 Å². The number of rotatable bonds is 3. The van der Waals surface area contributed by atoms with E-state index in [1.807, 2.05) is 0 Å². The maximum Gasteiger partial charge on any atom is 0.373 e. The third kappa shape index (κ3) is 1.98. The van der Waals surface area contributed by atoms with Gasteiger partial charge >= 0.3 is 5.97 Å². The predicted octanol–water partition coefficient (Wildman–Crippen LogP) is 1.60. The number of esters is 1. The molecule has 2 rings (SSSR count). The summed E-state index contributed by atoms with van der Waals surface area (Å²) in [5, 5.41) is 12.1. The van der Waals surface area contributed by atoms with Crippen LogP contribution in [0.1, 0.15) is 27.4 Å². The van der Waals surface area contributed by atoms with Crippen LogP contribution in [0.5, 0.6) is 0 Å². The molecule has 0 aliphatic rings. The largest absolute Gasteiger partial charge is 0.463 e. The van der Waals surface area contributed by atoms with Crippen LogP contribution in [0.25, 0.3) is 0 Å². The number of aromatic nitrogens is 1. The lowest BCUT2D eigenvalue weighted by molar-refractivity contribution is 0.0558. The second-order valence-corrected chi connectivity index (χ2v) is 3.89. The lowest BCUT2D eigenvalue weighted by atomic mass is 10.3. The Kier molecular flexibility index (Phi) is 3.02. The lowest BCUT2D eigenvalue weighted by Crippen LogP contribution is -2.00. The van der Waals surface area contributed by atoms with Gasteiger partial charge in [-0.2, -0.15) is 0 Å². The average Bonchev–Trinajstić information content (AvgIpc) is 2.97. The average molecular weight is 239 g/mol. The molecule has 0 aromatic carbocycles. The number of thiazole rings is 1. The van der Waals surface area contributed by atoms with Crippen LogP contribution in [0.3, 0.4) is 0 Å². The van der Waals surface area contributed by atoms with Crippen LogP contribution in [-0.4, -0.2) is 23.2 Å². The summed E-state index contributed by atoms with van der Waals surface area (Å²) < 4.78 is 9.66. The summed E-state index contributed by atoms with van der Waals surface area (Å²) in [6, 6.07) is 2.98. The van der Waals surface area contributed by atoms with E-state index in [1.54, 1.807) is 11.6 Å². The van der Waals surface area contributed by atoms with Crippen molar-refractivity contribution in [3.05, 3.63) is 40.2 Å². The van der Waals surface area contributed by atoms with Gasteiger partial charge in [0.25, 0.3) is 0 Å². The summed E-state index contributed by atoms with van der Waals surface area (Å²) in [5.41, 5.74) is 0. The number of aliphatic hydroxyl groups excluding tert-OH is 1. The van der Waals surface area contributed by atoms with E-state index in [1.165, 1.54) is 30.6 Å². The van der Waals surface area contributed by atoms with Gasteiger partial charge in [0.05, 0.1) is 7.11 Å². The minimum absolute atomic E-state index is 0.0631. The first kappa shape index (κ1) is 10.8. The highest BCUT2D eigenvalue weighted by Crippen LogP contribution is 2.25. The summed E-state index contributed by atoms with van der Waals surface area (Å²) in [7, 11) is 1.27. The van der Waals surface area contributed by atoms with E-state index in [0.29, 0.717) is 5.01 Å². The van der Waals surface area contributed by atoms with Crippen LogP contribution in [-0.2, 0) is 4.74 Å². The highest BCUT2D eigenvalue weighted by molar-refractivity contribution is 7.09. The molecule has 5 nitrogen and oxygen atoms in total. The molecule has 6 heteroatoms. The summed E-state index contributed by atoms with van der Waals surface area (Å²) in [6.45, 7) is 0. The topological polar surface area (TPSA) is 72.6 Å². The van der Waals surface area contributed by atoms with Crippen molar-refractivity contribution < 1.29 is 19.1 Å². The van der Waals surface area contributed by atoms with Crippen LogP contribution in [0.2, 0.25) is 0 Å². The third-order valence-corrected chi connectivity index (χ3v) is 2.80. The van der Waals surface area contributed by atoms with Crippen LogP contribution < -0.4 is 0 Å². The van der Waals surface area contributed by atoms with Gasteiger partial charge in [-0.1, -0.05) is 0 Å². The van der Waals surface area contributed by atoms with E-state index in [2.05, 4.69) is 9.72 Å². The molecule has 0 fully saturated rings. The molecule has 2 heterocycles. The van der Waals surface area contributed by atoms with E-state index in [-0.39, 0.29) is 11.5 Å². The van der Waals surface area contributed by atoms with Crippen molar-refractivity contribution in [2.24, 2.45) is 0 Å². The van der Waals surface area contributed by atoms with Crippen molar-refractivity contribution in [3.63, 3.8) is 0 Å². The smallest absolute Gasteiger partial charge is 0.373 e. The lowest BCUT2D eigenvalue weighted by Gasteiger charge is -2.02. The number of hydrogen-bond donors (Lipinski definition) is 1. The zero-order valence-electron chi connectivity index (χ0n) is 8.41. The molecule has 2 aromatic heterocycles. The van der Waals surface area contributed by atoms with Crippen molar-refractivity contribution in [1.82, 2.24) is 4.98 Å². The molecule has 1 unspecified atom stereocenters. The monoisotopic (exact) mass is 239 g/mol. The maximum absolute atomic E-state index is 11.1. The minimum atomic E-state index is -0.946. The Bertz CT molecular complexity index is 477. The molecular formula is C10H9NO4S. The van der Waals surface area contributed by atoms with Gasteiger partial charge in [-0.3, -0.25) is 0 Å². The zero-order chi connectivity index (χ0) is 11.5. The van der Waals surface area contributed by atoms with Crippen molar-refractivity contribution in [2.75, 3.05) is 7.11 Å². The Morgan fingerprint density at radius 3 is 3.06 bits per heavy atom. The minimum Gasteiger partial charge on any atom is -0.463 e. The van der Waals surface area contributed by atoms with E-state index in [0.717, 1.165) is 0 Å². The van der Waals surface area contributed by atoms with Crippen LogP contribution in [0.4, 0.5) is 0 Å². The summed E-state index contributed by atoms with van der Waals surface area (Å²) in [5.74, 6) is -0.235. The van der Waals surface area contributed by atoms with Gasteiger partial charge in [-0.05, 0) is 12.1 Å². The molecule has 16 heavy (non-hydrogen) atoms. The molecule has 0 amide bonds. The number of furan rings is 1. The quantitative estimate of drug-likeness (QED) is 0.824. The first-order chi connectivity index (χ1) is 7.72. The molecule has 0 spiro atoms. The molecule has 0 aliphatic heterocycles. The van der Waals surface area contributed by atoms with Crippen LogP contribution in [0.15, 0.2) is 28.1 Å². The van der Waals surface area contributed by atoms with E-state index in [9.17, 15) is 9.90 Å². The molecule has 1 N–H and O–H groups in total. The fraction of sp³-hybridized carbons (Fsp3) is 0.200. The first-order valence-corrected chi connectivity index (χ1v) is 5.36. The normalized spacial score (nSPS) is 12.4. The van der Waals surface area contributed by atoms with Crippen LogP contribution >= 0.6 is 11.3 Å². The maximum atomic E-state index is 11.1. The fourth-order valence-electron chi connectivity index (χ4n) is 1.20. The number of methoxy groups -OCH3 is 1. The Morgan fingerprint density at radius 2 is 2.44 bits per heavy atom. The first-order valence-electron chi connectivity index (χ1n) is 4.48. The Labute approximate surface area is 95.3 Å². The summed E-state index contributed by atoms with van der Waals surface area (Å²) in [4.78, 5) is 15.1. The second kappa shape index (κ2) is 4.46. The molecule has 1 atom stereocenters. The second-order valence-electron chi connectivity index (χ2n) is 2.97. The van der Waals surface area contributed by atoms with Gasteiger partial charge in [0.1, 0.15) is 10.8 Å². The molecule has 0 aliphatic carbocycles. The van der Waals surface area contributed by atoms with Gasteiger partial charge in [0, 0.05) is 11.6 Å². The number of nitrogens with zero attached hydrogens (tertiary/aromatic N) is 1. The van der Waals surface area contributed by atoms with E-state index >= 15 is 0 Å². The van der Waals surface area contributed by atoms with Gasteiger partial charge < -0.3 is 14.3 Å². The number of hydrogen-bond acceptors (Lipinski definition) is 6. The molecule has 0 radical (unpaired) electrons. The molecule has 84 valence electrons. The number of carbonyl (C=O) groups excluding carboxylic acids is 1. The van der Waals surface area contributed by atoms with Crippen molar-refractivity contribution in [3.8, 4) is 0 Å². The number of ether oxygens (including phenoxy) is 1. The van der Waals surface area contributed by atoms with Crippen molar-refractivity contribution in [2.45, 2.75) is 6.10 Å². The Balaban J connectivity index is 2.22. The van der Waals surface area contributed by atoms with Gasteiger partial charge in [0.2, 0.25) is 5.76 Å². The molecule has 0 saturated carbocycles. The van der Waals surface area contributed by atoms with Crippen molar-refractivity contribution >= 4 is 17.3 Å². The SMILES string of the molecule is COC(=O)c1ccc(C(O)c2nccs2)o1. The molecule has 2 aromatic rings. The highest BCUT2D eigenvalue weighted by atomic mass is 32.1. The standard InChI is InChI=1S/C10H9NO4S/c1-14-10(13)7-3-2-6(15-7)8(12)9-11-4-5-16-9/h2-5,8,12H,1H3. The molecule has 0 saturated heterocycles. The molecule has 0 bridgehead atoms. The Morgan fingerprint density at radius 1 is 1.62 bits per heavy atom. The van der Waals surface area contributed by atoms with Crippen LogP contribution in [0, 0.1) is 0 Å². The van der Waals surface area contributed by atoms with Crippen molar-refractivity contribution in [1.29, 1.82) is 0 Å². The van der Waals surface area contributed by atoms with Gasteiger partial charge in [-0.15, -0.1) is 11.3 Å². The fourth-order valence-corrected chi connectivity index (χ4v) is 1.83. The number of carbonyl (C=O) groups is 1. The summed E-state index contributed by atoms with van der Waals surface area (Å²) >= 11 is 1.31. The van der Waals surface area contributed by atoms with E-state index in [4.69, 9.17) is 4.42 Å².